The predicted octanol–water partition coefficient (Wildman–Crippen LogP) is 1.14. The summed E-state index contributed by atoms with van der Waals surface area (Å²) in [6, 6.07) is -0.631. The maximum atomic E-state index is 11.5. The van der Waals surface area contributed by atoms with Gasteiger partial charge in [0.2, 0.25) is 0 Å². The van der Waals surface area contributed by atoms with E-state index in [1.807, 2.05) is 22.9 Å². The van der Waals surface area contributed by atoms with E-state index >= 15 is 0 Å². The molecule has 0 aliphatic heterocycles. The number of aryl methyl sites for hydroxylation is 1. The summed E-state index contributed by atoms with van der Waals surface area (Å²) < 4.78 is 6.87. The molecule has 0 aromatic carbocycles. The van der Waals surface area contributed by atoms with E-state index in [4.69, 9.17) is 10.5 Å². The van der Waals surface area contributed by atoms with Crippen LogP contribution in [0.3, 0.4) is 0 Å². The molecule has 2 heterocycles. The van der Waals surface area contributed by atoms with Crippen LogP contribution in [0.5, 0.6) is 0 Å². The van der Waals surface area contributed by atoms with E-state index in [-0.39, 0.29) is 5.97 Å². The molecular formula is C11H15N3O2S. The zero-order valence-electron chi connectivity index (χ0n) is 9.84. The topological polar surface area (TPSA) is 69.6 Å². The second-order valence-electron chi connectivity index (χ2n) is 3.76. The summed E-state index contributed by atoms with van der Waals surface area (Å²) in [7, 11) is 0. The van der Waals surface area contributed by atoms with Crippen molar-refractivity contribution in [3.63, 3.8) is 0 Å². The Morgan fingerprint density at radius 3 is 3.18 bits per heavy atom. The number of carbonyl (C=O) groups is 1. The van der Waals surface area contributed by atoms with Gasteiger partial charge in [-0.05, 0) is 13.8 Å². The van der Waals surface area contributed by atoms with Crippen molar-refractivity contribution in [2.75, 3.05) is 6.61 Å². The van der Waals surface area contributed by atoms with Crippen molar-refractivity contribution >= 4 is 22.3 Å². The molecule has 1 atom stereocenters. The highest BCUT2D eigenvalue weighted by atomic mass is 32.1. The molecule has 0 fully saturated rings. The van der Waals surface area contributed by atoms with Crippen LogP contribution >= 0.6 is 11.3 Å². The lowest BCUT2D eigenvalue weighted by molar-refractivity contribution is -0.144. The zero-order chi connectivity index (χ0) is 12.4. The van der Waals surface area contributed by atoms with Crippen molar-refractivity contribution in [2.24, 2.45) is 5.73 Å². The van der Waals surface area contributed by atoms with Gasteiger partial charge < -0.3 is 10.5 Å². The summed E-state index contributed by atoms with van der Waals surface area (Å²) in [6.45, 7) is 4.05. The maximum Gasteiger partial charge on any atom is 0.323 e. The number of nitrogens with two attached hydrogens (primary N) is 1. The molecule has 0 aliphatic rings. The van der Waals surface area contributed by atoms with E-state index in [0.717, 1.165) is 16.3 Å². The molecule has 0 aliphatic carbocycles. The summed E-state index contributed by atoms with van der Waals surface area (Å²) in [5.74, 6) is -0.364. The third-order valence-corrected chi connectivity index (χ3v) is 3.32. The number of fused-ring (bicyclic) bond motifs is 1. The number of esters is 1. The fraction of sp³-hybridized carbons (Fsp3) is 0.455. The monoisotopic (exact) mass is 253 g/mol. The Kier molecular flexibility index (Phi) is 3.44. The number of hydrogen-bond donors (Lipinski definition) is 1. The van der Waals surface area contributed by atoms with Crippen LogP contribution < -0.4 is 5.73 Å². The minimum Gasteiger partial charge on any atom is -0.465 e. The van der Waals surface area contributed by atoms with Gasteiger partial charge in [0.05, 0.1) is 12.3 Å². The van der Waals surface area contributed by atoms with Crippen molar-refractivity contribution in [3.05, 3.63) is 23.0 Å². The summed E-state index contributed by atoms with van der Waals surface area (Å²) >= 11 is 1.56. The Balaban J connectivity index is 2.20. The molecular weight excluding hydrogens is 238 g/mol. The van der Waals surface area contributed by atoms with E-state index in [2.05, 4.69) is 4.98 Å². The Hall–Kier alpha value is -1.40. The molecule has 0 saturated heterocycles. The number of carbonyl (C=O) groups excluding carboxylic acids is 1. The molecule has 2 aromatic rings. The van der Waals surface area contributed by atoms with E-state index < -0.39 is 6.04 Å². The predicted molar refractivity (Wildman–Crippen MR) is 66.1 cm³/mol. The number of thiazole rings is 1. The Labute approximate surface area is 103 Å². The summed E-state index contributed by atoms with van der Waals surface area (Å²) in [5, 5.41) is 1.96. The van der Waals surface area contributed by atoms with Crippen LogP contribution in [0, 0.1) is 6.92 Å². The molecule has 0 spiro atoms. The average molecular weight is 253 g/mol. The van der Waals surface area contributed by atoms with Gasteiger partial charge in [-0.15, -0.1) is 11.3 Å². The van der Waals surface area contributed by atoms with Crippen LogP contribution in [0.25, 0.3) is 4.96 Å². The normalized spacial score (nSPS) is 12.9. The fourth-order valence-electron chi connectivity index (χ4n) is 1.73. The van der Waals surface area contributed by atoms with Gasteiger partial charge in [0, 0.05) is 23.7 Å². The lowest BCUT2D eigenvalue weighted by Gasteiger charge is -2.10. The van der Waals surface area contributed by atoms with Gasteiger partial charge in [0.1, 0.15) is 6.04 Å². The van der Waals surface area contributed by atoms with E-state index in [1.54, 1.807) is 18.3 Å². The lowest BCUT2D eigenvalue weighted by atomic mass is 10.1. The van der Waals surface area contributed by atoms with Crippen LogP contribution in [0.1, 0.15) is 18.3 Å². The number of nitrogens with zero attached hydrogens (tertiary/aromatic N) is 2. The molecule has 6 heteroatoms. The first-order valence-electron chi connectivity index (χ1n) is 5.46. The minimum absolute atomic E-state index is 0.353. The minimum atomic E-state index is -0.631. The summed E-state index contributed by atoms with van der Waals surface area (Å²) in [5.41, 5.74) is 7.70. The number of ether oxygens (including phenoxy) is 1. The van der Waals surface area contributed by atoms with Crippen molar-refractivity contribution in [1.29, 1.82) is 0 Å². The van der Waals surface area contributed by atoms with Crippen LogP contribution in [0.15, 0.2) is 11.6 Å². The standard InChI is InChI=1S/C11H15N3O2S/c1-3-16-10(15)8(12)6-9-7(2)13-11-14(9)4-5-17-11/h4-5,8H,3,6,12H2,1-2H3. The molecule has 5 nitrogen and oxygen atoms in total. The summed E-state index contributed by atoms with van der Waals surface area (Å²) in [4.78, 5) is 16.8. The second-order valence-corrected chi connectivity index (χ2v) is 4.64. The Morgan fingerprint density at radius 2 is 2.47 bits per heavy atom. The van der Waals surface area contributed by atoms with E-state index in [0.29, 0.717) is 13.0 Å². The molecule has 1 unspecified atom stereocenters. The van der Waals surface area contributed by atoms with Gasteiger partial charge in [0.25, 0.3) is 0 Å². The van der Waals surface area contributed by atoms with Gasteiger partial charge in [-0.3, -0.25) is 9.20 Å². The van der Waals surface area contributed by atoms with Gasteiger partial charge in [-0.25, -0.2) is 4.98 Å². The van der Waals surface area contributed by atoms with Gasteiger partial charge in [-0.1, -0.05) is 0 Å². The molecule has 2 rings (SSSR count). The van der Waals surface area contributed by atoms with Crippen LogP contribution in [0.4, 0.5) is 0 Å². The SMILES string of the molecule is CCOC(=O)C(N)Cc1c(C)nc2sccn12. The molecule has 0 radical (unpaired) electrons. The number of hydrogen-bond acceptors (Lipinski definition) is 5. The molecule has 2 aromatic heterocycles. The van der Waals surface area contributed by atoms with Crippen molar-refractivity contribution in [1.82, 2.24) is 9.38 Å². The Morgan fingerprint density at radius 1 is 1.71 bits per heavy atom. The van der Waals surface area contributed by atoms with Crippen LogP contribution in [-0.2, 0) is 16.0 Å². The highest BCUT2D eigenvalue weighted by molar-refractivity contribution is 7.15. The molecule has 17 heavy (non-hydrogen) atoms. The first-order chi connectivity index (χ1) is 8.13. The highest BCUT2D eigenvalue weighted by Gasteiger charge is 2.19. The van der Waals surface area contributed by atoms with Gasteiger partial charge in [0.15, 0.2) is 4.96 Å². The number of rotatable bonds is 4. The smallest absolute Gasteiger partial charge is 0.323 e. The van der Waals surface area contributed by atoms with Crippen molar-refractivity contribution in [3.8, 4) is 0 Å². The first-order valence-corrected chi connectivity index (χ1v) is 6.34. The molecule has 0 amide bonds. The third kappa shape index (κ3) is 2.32. The van der Waals surface area contributed by atoms with Gasteiger partial charge in [-0.2, -0.15) is 0 Å². The van der Waals surface area contributed by atoms with Crippen molar-refractivity contribution in [2.45, 2.75) is 26.3 Å². The van der Waals surface area contributed by atoms with Gasteiger partial charge >= 0.3 is 5.97 Å². The fourth-order valence-corrected chi connectivity index (χ4v) is 2.51. The highest BCUT2D eigenvalue weighted by Crippen LogP contribution is 2.17. The maximum absolute atomic E-state index is 11.5. The molecule has 2 N–H and O–H groups in total. The van der Waals surface area contributed by atoms with Crippen LogP contribution in [0.2, 0.25) is 0 Å². The zero-order valence-corrected chi connectivity index (χ0v) is 10.7. The first kappa shape index (κ1) is 12.1. The molecule has 0 bridgehead atoms. The Bertz CT molecular complexity index is 532. The molecule has 92 valence electrons. The quantitative estimate of drug-likeness (QED) is 0.829. The van der Waals surface area contributed by atoms with Crippen molar-refractivity contribution < 1.29 is 9.53 Å². The molecule has 0 saturated carbocycles. The van der Waals surface area contributed by atoms with Crippen LogP contribution in [-0.4, -0.2) is 28.0 Å². The summed E-state index contributed by atoms with van der Waals surface area (Å²) in [6.07, 6.45) is 2.38. The number of aromatic nitrogens is 2. The largest absolute Gasteiger partial charge is 0.465 e. The second kappa shape index (κ2) is 4.85. The van der Waals surface area contributed by atoms with E-state index in [9.17, 15) is 4.79 Å². The lowest BCUT2D eigenvalue weighted by Crippen LogP contribution is -2.34. The number of imidazole rings is 1. The average Bonchev–Trinajstić information content (AvgIpc) is 2.82. The third-order valence-electron chi connectivity index (χ3n) is 2.56. The van der Waals surface area contributed by atoms with E-state index in [1.165, 1.54) is 0 Å².